The Hall–Kier alpha value is -5.92. The van der Waals surface area contributed by atoms with Gasteiger partial charge in [-0.25, -0.2) is 9.59 Å². The Morgan fingerprint density at radius 3 is 2.15 bits per heavy atom. The maximum absolute atomic E-state index is 13.5. The Labute approximate surface area is 317 Å². The summed E-state index contributed by atoms with van der Waals surface area (Å²) in [5.41, 5.74) is 3.05. The first-order chi connectivity index (χ1) is 26.4. The number of aromatic nitrogens is 4. The number of hydrogen-bond donors (Lipinski definition) is 0. The van der Waals surface area contributed by atoms with Crippen LogP contribution in [-0.4, -0.2) is 99.0 Å². The summed E-state index contributed by atoms with van der Waals surface area (Å²) < 4.78 is 20.8. The van der Waals surface area contributed by atoms with E-state index in [-0.39, 0.29) is 70.3 Å². The van der Waals surface area contributed by atoms with E-state index in [0.717, 1.165) is 27.9 Å². The van der Waals surface area contributed by atoms with E-state index >= 15 is 0 Å². The van der Waals surface area contributed by atoms with Crippen LogP contribution in [0.3, 0.4) is 0 Å². The van der Waals surface area contributed by atoms with Gasteiger partial charge in [-0.05, 0) is 54.0 Å². The fourth-order valence-electron chi connectivity index (χ4n) is 5.25. The molecule has 300 valence electrons. The zero-order chi connectivity index (χ0) is 40.2. The number of ether oxygens (including phenoxy) is 4. The summed E-state index contributed by atoms with van der Waals surface area (Å²) in [6.45, 7) is 6.84. The van der Waals surface area contributed by atoms with Crippen LogP contribution < -0.4 is 0 Å². The average molecular weight is 774 g/mol. The number of unbranched alkanes of at least 4 members (excludes halogenated alkanes) is 2. The molecule has 1 aromatic heterocycles. The molecule has 55 heavy (non-hydrogen) atoms. The van der Waals surface area contributed by atoms with Crippen molar-refractivity contribution in [3.8, 4) is 22.5 Å². The molecule has 0 saturated carbocycles. The lowest BCUT2D eigenvalue weighted by atomic mass is 9.97. The van der Waals surface area contributed by atoms with Crippen molar-refractivity contribution in [1.82, 2.24) is 25.1 Å². The topological polar surface area (TPSA) is 240 Å². The molecule has 3 rings (SSSR count). The van der Waals surface area contributed by atoms with Crippen molar-refractivity contribution in [2.75, 3.05) is 39.6 Å². The quantitative estimate of drug-likeness (QED) is 0.0477. The first kappa shape index (κ1) is 43.5. The number of nitrogens with zero attached hydrogens (tertiary/aromatic N) is 7. The maximum atomic E-state index is 13.5. The van der Waals surface area contributed by atoms with Crippen LogP contribution in [0.1, 0.15) is 71.6 Å². The monoisotopic (exact) mass is 773 g/mol. The lowest BCUT2D eigenvalue weighted by Crippen LogP contribution is -2.48. The van der Waals surface area contributed by atoms with Crippen LogP contribution in [0.5, 0.6) is 0 Å². The summed E-state index contributed by atoms with van der Waals surface area (Å²) in [6, 6.07) is 14.1. The SMILES string of the molecule is CCCCC(=O)N(Cc1ccc(-c2ccccc2-c2nnn(C(C)OC(=O)OCCOCCO[N+](=O)[O-])n2)cc1)C(C(=O)OCCCCO[N+](=O)[O-])C(C)C. The third kappa shape index (κ3) is 14.8. The fraction of sp³-hybridized carbons (Fsp3) is 0.543. The summed E-state index contributed by atoms with van der Waals surface area (Å²) in [6.07, 6.45) is 0.478. The van der Waals surface area contributed by atoms with Gasteiger partial charge in [0.2, 0.25) is 18.0 Å². The Morgan fingerprint density at radius 1 is 0.818 bits per heavy atom. The van der Waals surface area contributed by atoms with Crippen molar-refractivity contribution in [1.29, 1.82) is 0 Å². The van der Waals surface area contributed by atoms with Crippen LogP contribution in [0.25, 0.3) is 22.5 Å². The highest BCUT2D eigenvalue weighted by atomic mass is 17.0. The molecule has 0 aliphatic heterocycles. The van der Waals surface area contributed by atoms with Crippen molar-refractivity contribution in [3.63, 3.8) is 0 Å². The smallest absolute Gasteiger partial charge is 0.464 e. The molecule has 2 unspecified atom stereocenters. The number of carbonyl (C=O) groups is 3. The summed E-state index contributed by atoms with van der Waals surface area (Å²) in [5.74, 6) is -0.690. The van der Waals surface area contributed by atoms with E-state index in [1.54, 1.807) is 4.90 Å². The molecule has 0 fully saturated rings. The predicted molar refractivity (Wildman–Crippen MR) is 191 cm³/mol. The van der Waals surface area contributed by atoms with Gasteiger partial charge < -0.3 is 33.5 Å². The summed E-state index contributed by atoms with van der Waals surface area (Å²) >= 11 is 0. The van der Waals surface area contributed by atoms with Gasteiger partial charge in [0, 0.05) is 18.5 Å². The van der Waals surface area contributed by atoms with Crippen molar-refractivity contribution < 1.29 is 53.2 Å². The minimum absolute atomic E-state index is 0.0225. The molecule has 3 aromatic rings. The van der Waals surface area contributed by atoms with Gasteiger partial charge in [-0.15, -0.1) is 35.2 Å². The lowest BCUT2D eigenvalue weighted by molar-refractivity contribution is -0.758. The second-order valence-electron chi connectivity index (χ2n) is 12.4. The van der Waals surface area contributed by atoms with E-state index in [4.69, 9.17) is 18.9 Å². The first-order valence-electron chi connectivity index (χ1n) is 17.8. The minimum atomic E-state index is -1.00. The highest BCUT2D eigenvalue weighted by molar-refractivity contribution is 5.85. The number of esters is 1. The van der Waals surface area contributed by atoms with Gasteiger partial charge in [0.15, 0.2) is 0 Å². The minimum Gasteiger partial charge on any atom is -0.464 e. The Balaban J connectivity index is 1.68. The molecule has 0 radical (unpaired) electrons. The molecule has 2 atom stereocenters. The van der Waals surface area contributed by atoms with Gasteiger partial charge >= 0.3 is 12.1 Å². The van der Waals surface area contributed by atoms with Crippen LogP contribution in [-0.2, 0) is 44.8 Å². The second-order valence-corrected chi connectivity index (χ2v) is 12.4. The number of tetrazole rings is 1. The molecule has 20 nitrogen and oxygen atoms in total. The van der Waals surface area contributed by atoms with E-state index < -0.39 is 34.6 Å². The van der Waals surface area contributed by atoms with Crippen molar-refractivity contribution in [3.05, 3.63) is 74.3 Å². The largest absolute Gasteiger partial charge is 0.510 e. The van der Waals surface area contributed by atoms with Crippen LogP contribution >= 0.6 is 0 Å². The molecule has 0 aliphatic carbocycles. The Morgan fingerprint density at radius 2 is 1.47 bits per heavy atom. The number of rotatable bonds is 25. The molecular weight excluding hydrogens is 726 g/mol. The van der Waals surface area contributed by atoms with Gasteiger partial charge in [-0.1, -0.05) is 75.7 Å². The zero-order valence-corrected chi connectivity index (χ0v) is 31.3. The molecule has 1 heterocycles. The Kier molecular flexibility index (Phi) is 18.2. The third-order valence-electron chi connectivity index (χ3n) is 7.93. The number of amides is 1. The maximum Gasteiger partial charge on any atom is 0.510 e. The third-order valence-corrected chi connectivity index (χ3v) is 7.93. The van der Waals surface area contributed by atoms with Crippen molar-refractivity contribution in [2.45, 2.75) is 78.6 Å². The van der Waals surface area contributed by atoms with Gasteiger partial charge in [-0.2, -0.15) is 0 Å². The number of hydrogen-bond acceptors (Lipinski definition) is 16. The predicted octanol–water partition coefficient (Wildman–Crippen LogP) is 4.98. The summed E-state index contributed by atoms with van der Waals surface area (Å²) in [4.78, 5) is 70.5. The van der Waals surface area contributed by atoms with Gasteiger partial charge in [-0.3, -0.25) is 4.79 Å². The number of benzene rings is 2. The van der Waals surface area contributed by atoms with Gasteiger partial charge in [0.1, 0.15) is 19.3 Å². The zero-order valence-electron chi connectivity index (χ0n) is 31.3. The van der Waals surface area contributed by atoms with Crippen LogP contribution in [0.4, 0.5) is 4.79 Å². The van der Waals surface area contributed by atoms with Crippen LogP contribution in [0.2, 0.25) is 0 Å². The van der Waals surface area contributed by atoms with Crippen molar-refractivity contribution >= 4 is 18.0 Å². The average Bonchev–Trinajstić information content (AvgIpc) is 3.65. The first-order valence-corrected chi connectivity index (χ1v) is 17.8. The standard InChI is InChI=1S/C35H47N7O13/c1-5-6-13-31(43)39(32(25(2)3)34(44)51-18-9-10-19-53-41(46)47)24-27-14-16-28(17-15-27)29-11-7-8-12-30(29)33-36-38-40(37-33)26(4)55-35(45)52-22-20-50-21-23-54-42(48)49/h7-8,11-12,14-17,25-26,32H,5-6,9-10,13,18-24H2,1-4H3. The molecule has 0 spiro atoms. The van der Waals surface area contributed by atoms with Gasteiger partial charge in [0.05, 0.1) is 26.4 Å². The molecule has 0 N–H and O–H groups in total. The lowest BCUT2D eigenvalue weighted by Gasteiger charge is -2.33. The van der Waals surface area contributed by atoms with E-state index in [1.165, 1.54) is 6.92 Å². The van der Waals surface area contributed by atoms with E-state index in [0.29, 0.717) is 24.8 Å². The molecule has 1 amide bonds. The van der Waals surface area contributed by atoms with Gasteiger partial charge in [0.25, 0.3) is 10.2 Å². The fourth-order valence-corrected chi connectivity index (χ4v) is 5.25. The highest BCUT2D eigenvalue weighted by Crippen LogP contribution is 2.31. The molecule has 0 bridgehead atoms. The van der Waals surface area contributed by atoms with Crippen LogP contribution in [0.15, 0.2) is 48.5 Å². The van der Waals surface area contributed by atoms with E-state index in [9.17, 15) is 34.6 Å². The Bertz CT molecular complexity index is 1690. The van der Waals surface area contributed by atoms with E-state index in [1.807, 2.05) is 69.3 Å². The van der Waals surface area contributed by atoms with Crippen molar-refractivity contribution in [2.24, 2.45) is 5.92 Å². The molecule has 2 aromatic carbocycles. The molecular formula is C35H47N7O13. The second kappa shape index (κ2) is 23.0. The summed E-state index contributed by atoms with van der Waals surface area (Å²) in [7, 11) is 0. The molecule has 20 heteroatoms. The summed E-state index contributed by atoms with van der Waals surface area (Å²) in [5, 5.41) is 31.3. The number of carbonyl (C=O) groups excluding carboxylic acids is 3. The normalized spacial score (nSPS) is 12.0. The van der Waals surface area contributed by atoms with E-state index in [2.05, 4.69) is 25.1 Å². The molecule has 0 saturated heterocycles. The van der Waals surface area contributed by atoms with Crippen LogP contribution in [0, 0.1) is 26.1 Å². The molecule has 0 aliphatic rings. The highest BCUT2D eigenvalue weighted by Gasteiger charge is 2.33.